The monoisotopic (exact) mass is 326 g/mol. The zero-order chi connectivity index (χ0) is 16.3. The normalized spacial score (nSPS) is 13.0. The molecule has 1 N–H and O–H groups in total. The lowest BCUT2D eigenvalue weighted by molar-refractivity contribution is 0.0692. The van der Waals surface area contributed by atoms with Crippen LogP contribution in [0.5, 0.6) is 0 Å². The number of carbonyl (C=O) groups is 1. The first kappa shape index (κ1) is 16.3. The van der Waals surface area contributed by atoms with Gasteiger partial charge in [-0.05, 0) is 31.2 Å². The van der Waals surface area contributed by atoms with Crippen LogP contribution >= 0.6 is 0 Å². The molecule has 1 atom stereocenters. The van der Waals surface area contributed by atoms with E-state index in [1.54, 1.807) is 31.5 Å². The second kappa shape index (κ2) is 6.37. The summed E-state index contributed by atoms with van der Waals surface area (Å²) >= 11 is 0. The summed E-state index contributed by atoms with van der Waals surface area (Å²) in [6.45, 7) is 1.84. The van der Waals surface area contributed by atoms with Crippen LogP contribution in [0, 0.1) is 0 Å². The van der Waals surface area contributed by atoms with Gasteiger partial charge in [0.15, 0.2) is 5.76 Å². The fraction of sp³-hybridized carbons (Fsp3) is 0.357. The number of furan rings is 2. The Morgan fingerprint density at radius 3 is 2.68 bits per heavy atom. The Morgan fingerprint density at radius 2 is 2.09 bits per heavy atom. The Kier molecular flexibility index (Phi) is 4.72. The predicted molar refractivity (Wildman–Crippen MR) is 79.6 cm³/mol. The van der Waals surface area contributed by atoms with Crippen LogP contribution < -0.4 is 4.72 Å². The summed E-state index contributed by atoms with van der Waals surface area (Å²) in [7, 11) is -1.67. The standard InChI is InChI=1S/C14H18N2O5S/c1-10(12-5-4-8-20-12)16(2)14(17)13-7-6-11(21-13)9-15-22(3,18)19/h4-8,10,15H,9H2,1-3H3/t10-/m0/s1. The molecular formula is C14H18N2O5S. The summed E-state index contributed by atoms with van der Waals surface area (Å²) in [6, 6.07) is 6.39. The van der Waals surface area contributed by atoms with E-state index >= 15 is 0 Å². The van der Waals surface area contributed by atoms with E-state index < -0.39 is 10.0 Å². The topological polar surface area (TPSA) is 92.8 Å². The summed E-state index contributed by atoms with van der Waals surface area (Å²) in [4.78, 5) is 13.8. The average Bonchev–Trinajstić information content (AvgIpc) is 3.13. The maximum absolute atomic E-state index is 12.3. The molecule has 1 amide bonds. The van der Waals surface area contributed by atoms with Gasteiger partial charge in [0.1, 0.15) is 11.5 Å². The van der Waals surface area contributed by atoms with Crippen LogP contribution in [-0.4, -0.2) is 32.5 Å². The van der Waals surface area contributed by atoms with Crippen LogP contribution in [0.25, 0.3) is 0 Å². The van der Waals surface area contributed by atoms with Crippen molar-refractivity contribution >= 4 is 15.9 Å². The molecule has 0 bridgehead atoms. The first-order chi connectivity index (χ1) is 10.3. The maximum atomic E-state index is 12.3. The molecule has 2 heterocycles. The Balaban J connectivity index is 2.05. The number of nitrogens with zero attached hydrogens (tertiary/aromatic N) is 1. The van der Waals surface area contributed by atoms with Gasteiger partial charge >= 0.3 is 0 Å². The molecule has 22 heavy (non-hydrogen) atoms. The summed E-state index contributed by atoms with van der Waals surface area (Å²) in [6.07, 6.45) is 2.60. The van der Waals surface area contributed by atoms with Gasteiger partial charge in [0.2, 0.25) is 10.0 Å². The Bertz CT molecular complexity index is 733. The van der Waals surface area contributed by atoms with Crippen molar-refractivity contribution in [3.63, 3.8) is 0 Å². The lowest BCUT2D eigenvalue weighted by Crippen LogP contribution is -2.29. The maximum Gasteiger partial charge on any atom is 0.289 e. The molecule has 0 aliphatic rings. The predicted octanol–water partition coefficient (Wildman–Crippen LogP) is 1.76. The largest absolute Gasteiger partial charge is 0.467 e. The van der Waals surface area contributed by atoms with E-state index in [-0.39, 0.29) is 24.3 Å². The molecule has 7 nitrogen and oxygen atoms in total. The zero-order valence-electron chi connectivity index (χ0n) is 12.6. The third-order valence-corrected chi connectivity index (χ3v) is 3.91. The van der Waals surface area contributed by atoms with Gasteiger partial charge in [-0.1, -0.05) is 0 Å². The number of amides is 1. The number of sulfonamides is 1. The zero-order valence-corrected chi connectivity index (χ0v) is 13.4. The van der Waals surface area contributed by atoms with Crippen LogP contribution in [0.2, 0.25) is 0 Å². The van der Waals surface area contributed by atoms with Crippen LogP contribution in [0.3, 0.4) is 0 Å². The van der Waals surface area contributed by atoms with Gasteiger partial charge in [-0.3, -0.25) is 4.79 Å². The third-order valence-electron chi connectivity index (χ3n) is 3.24. The number of carbonyl (C=O) groups excluding carboxylic acids is 1. The Hall–Kier alpha value is -2.06. The molecule has 0 aliphatic carbocycles. The van der Waals surface area contributed by atoms with Crippen molar-refractivity contribution in [2.75, 3.05) is 13.3 Å². The highest BCUT2D eigenvalue weighted by molar-refractivity contribution is 7.88. The van der Waals surface area contributed by atoms with Crippen molar-refractivity contribution in [3.05, 3.63) is 47.8 Å². The third kappa shape index (κ3) is 3.99. The van der Waals surface area contributed by atoms with Crippen molar-refractivity contribution in [1.29, 1.82) is 0 Å². The second-order valence-electron chi connectivity index (χ2n) is 4.97. The number of hydrogen-bond acceptors (Lipinski definition) is 5. The summed E-state index contributed by atoms with van der Waals surface area (Å²) < 4.78 is 35.0. The Morgan fingerprint density at radius 1 is 1.36 bits per heavy atom. The second-order valence-corrected chi connectivity index (χ2v) is 6.80. The number of rotatable bonds is 6. The van der Waals surface area contributed by atoms with Gasteiger partial charge in [0.25, 0.3) is 5.91 Å². The van der Waals surface area contributed by atoms with E-state index in [4.69, 9.17) is 8.83 Å². The Labute approximate surface area is 128 Å². The minimum Gasteiger partial charge on any atom is -0.467 e. The van der Waals surface area contributed by atoms with E-state index in [2.05, 4.69) is 4.72 Å². The molecule has 2 aromatic rings. The van der Waals surface area contributed by atoms with Crippen molar-refractivity contribution in [2.24, 2.45) is 0 Å². The minimum absolute atomic E-state index is 0.00354. The number of hydrogen-bond donors (Lipinski definition) is 1. The quantitative estimate of drug-likeness (QED) is 0.873. The average molecular weight is 326 g/mol. The highest BCUT2D eigenvalue weighted by Gasteiger charge is 2.23. The molecular weight excluding hydrogens is 308 g/mol. The van der Waals surface area contributed by atoms with E-state index in [0.717, 1.165) is 6.26 Å². The van der Waals surface area contributed by atoms with Crippen LogP contribution in [-0.2, 0) is 16.6 Å². The van der Waals surface area contributed by atoms with Crippen LogP contribution in [0.4, 0.5) is 0 Å². The fourth-order valence-corrected chi connectivity index (χ4v) is 2.26. The smallest absolute Gasteiger partial charge is 0.289 e. The SMILES string of the molecule is C[C@@H](c1ccco1)N(C)C(=O)c1ccc(CNS(C)(=O)=O)o1. The molecule has 0 radical (unpaired) electrons. The van der Waals surface area contributed by atoms with Gasteiger partial charge < -0.3 is 13.7 Å². The highest BCUT2D eigenvalue weighted by atomic mass is 32.2. The van der Waals surface area contributed by atoms with Gasteiger partial charge in [-0.25, -0.2) is 13.1 Å². The van der Waals surface area contributed by atoms with Crippen molar-refractivity contribution in [3.8, 4) is 0 Å². The highest BCUT2D eigenvalue weighted by Crippen LogP contribution is 2.21. The molecule has 0 spiro atoms. The summed E-state index contributed by atoms with van der Waals surface area (Å²) in [5, 5.41) is 0. The molecule has 0 aromatic carbocycles. The molecule has 0 saturated heterocycles. The van der Waals surface area contributed by atoms with Gasteiger partial charge in [0.05, 0.1) is 25.1 Å². The van der Waals surface area contributed by atoms with E-state index in [1.807, 2.05) is 6.92 Å². The van der Waals surface area contributed by atoms with Crippen molar-refractivity contribution in [2.45, 2.75) is 19.5 Å². The lowest BCUT2D eigenvalue weighted by Gasteiger charge is -2.22. The molecule has 0 unspecified atom stereocenters. The van der Waals surface area contributed by atoms with Crippen LogP contribution in [0.15, 0.2) is 39.4 Å². The molecule has 0 aliphatic heterocycles. The summed E-state index contributed by atoms with van der Waals surface area (Å²) in [5.74, 6) is 0.870. The number of nitrogens with one attached hydrogen (secondary N) is 1. The van der Waals surface area contributed by atoms with E-state index in [1.165, 1.54) is 11.0 Å². The first-order valence-corrected chi connectivity index (χ1v) is 8.51. The van der Waals surface area contributed by atoms with E-state index in [9.17, 15) is 13.2 Å². The van der Waals surface area contributed by atoms with Crippen LogP contribution in [0.1, 0.15) is 35.0 Å². The molecule has 120 valence electrons. The first-order valence-electron chi connectivity index (χ1n) is 6.62. The lowest BCUT2D eigenvalue weighted by atomic mass is 10.2. The van der Waals surface area contributed by atoms with Gasteiger partial charge in [0, 0.05) is 7.05 Å². The molecule has 0 fully saturated rings. The van der Waals surface area contributed by atoms with Crippen molar-refractivity contribution in [1.82, 2.24) is 9.62 Å². The molecule has 2 rings (SSSR count). The molecule has 8 heteroatoms. The fourth-order valence-electron chi connectivity index (χ4n) is 1.86. The van der Waals surface area contributed by atoms with Crippen molar-refractivity contribution < 1.29 is 22.0 Å². The summed E-state index contributed by atoms with van der Waals surface area (Å²) in [5.41, 5.74) is 0. The molecule has 0 saturated carbocycles. The minimum atomic E-state index is -3.31. The van der Waals surface area contributed by atoms with Gasteiger partial charge in [-0.2, -0.15) is 0 Å². The molecule has 2 aromatic heterocycles. The van der Waals surface area contributed by atoms with E-state index in [0.29, 0.717) is 11.5 Å². The van der Waals surface area contributed by atoms with Gasteiger partial charge in [-0.15, -0.1) is 0 Å².